The lowest BCUT2D eigenvalue weighted by molar-refractivity contribution is -0.384. The number of nitro groups is 1. The number of carbonyl (C=O) groups is 1. The van der Waals surface area contributed by atoms with Gasteiger partial charge in [0, 0.05) is 38.3 Å². The van der Waals surface area contributed by atoms with Crippen LogP contribution < -0.4 is 10.1 Å². The van der Waals surface area contributed by atoms with Gasteiger partial charge in [0.05, 0.1) is 4.92 Å². The van der Waals surface area contributed by atoms with Gasteiger partial charge in [-0.15, -0.1) is 0 Å². The van der Waals surface area contributed by atoms with E-state index in [1.807, 2.05) is 0 Å². The summed E-state index contributed by atoms with van der Waals surface area (Å²) in [5.41, 5.74) is 0.553. The van der Waals surface area contributed by atoms with Gasteiger partial charge in [0.25, 0.3) is 5.69 Å². The van der Waals surface area contributed by atoms with Crippen LogP contribution >= 0.6 is 0 Å². The predicted molar refractivity (Wildman–Crippen MR) is 68.3 cm³/mol. The van der Waals surface area contributed by atoms with Crippen molar-refractivity contribution in [2.24, 2.45) is 0 Å². The van der Waals surface area contributed by atoms with Crippen molar-refractivity contribution in [3.63, 3.8) is 0 Å². The summed E-state index contributed by atoms with van der Waals surface area (Å²) in [6.07, 6.45) is -0.418. The third kappa shape index (κ3) is 3.19. The number of nitrogens with zero attached hydrogens (tertiary/aromatic N) is 2. The Labute approximate surface area is 110 Å². The number of hydrogen-bond acceptors (Lipinski definition) is 5. The van der Waals surface area contributed by atoms with Crippen LogP contribution in [0.5, 0.6) is 5.75 Å². The highest BCUT2D eigenvalue weighted by Gasteiger charge is 2.19. The van der Waals surface area contributed by atoms with Crippen LogP contribution in [0.3, 0.4) is 0 Å². The van der Waals surface area contributed by atoms with Crippen LogP contribution in [0.2, 0.25) is 0 Å². The van der Waals surface area contributed by atoms with E-state index in [0.29, 0.717) is 24.4 Å². The minimum Gasteiger partial charge on any atom is -0.410 e. The van der Waals surface area contributed by atoms with Crippen LogP contribution in [0.1, 0.15) is 5.56 Å². The van der Waals surface area contributed by atoms with Crippen molar-refractivity contribution >= 4 is 11.8 Å². The van der Waals surface area contributed by atoms with Gasteiger partial charge in [-0.2, -0.15) is 0 Å². The maximum atomic E-state index is 11.9. The molecule has 1 aliphatic rings. The molecule has 0 aromatic heterocycles. The highest BCUT2D eigenvalue weighted by Crippen LogP contribution is 2.23. The van der Waals surface area contributed by atoms with Gasteiger partial charge in [0.2, 0.25) is 0 Å². The van der Waals surface area contributed by atoms with Crippen LogP contribution in [0.25, 0.3) is 0 Å². The minimum absolute atomic E-state index is 0.0144. The molecule has 7 nitrogen and oxygen atoms in total. The fraction of sp³-hybridized carbons (Fsp3) is 0.417. The van der Waals surface area contributed by atoms with E-state index < -0.39 is 11.0 Å². The van der Waals surface area contributed by atoms with Crippen molar-refractivity contribution in [3.8, 4) is 5.75 Å². The average molecular weight is 265 g/mol. The molecule has 0 saturated carbocycles. The molecule has 2 rings (SSSR count). The van der Waals surface area contributed by atoms with E-state index >= 15 is 0 Å². The first kappa shape index (κ1) is 13.3. The molecule has 19 heavy (non-hydrogen) atoms. The molecule has 1 fully saturated rings. The Balaban J connectivity index is 2.06. The number of piperazine rings is 1. The standard InChI is InChI=1S/C12H15N3O4/c1-9-8-10(15(17)18)2-3-11(9)19-12(16)14-6-4-13-5-7-14/h2-3,8,13H,4-7H2,1H3. The summed E-state index contributed by atoms with van der Waals surface area (Å²) < 4.78 is 5.26. The molecule has 1 amide bonds. The number of benzene rings is 1. The molecule has 1 aromatic carbocycles. The number of hydrogen-bond donors (Lipinski definition) is 1. The number of non-ortho nitro benzene ring substituents is 1. The van der Waals surface area contributed by atoms with Crippen molar-refractivity contribution in [2.45, 2.75) is 6.92 Å². The number of nitrogens with one attached hydrogen (secondary N) is 1. The predicted octanol–water partition coefficient (Wildman–Crippen LogP) is 1.31. The molecule has 0 bridgehead atoms. The number of amides is 1. The highest BCUT2D eigenvalue weighted by molar-refractivity contribution is 5.71. The van der Waals surface area contributed by atoms with Gasteiger partial charge in [0.15, 0.2) is 0 Å². The van der Waals surface area contributed by atoms with Gasteiger partial charge >= 0.3 is 6.09 Å². The molecule has 0 aliphatic carbocycles. The summed E-state index contributed by atoms with van der Waals surface area (Å²) in [4.78, 5) is 23.6. The molecule has 0 atom stereocenters. The molecule has 1 aliphatic heterocycles. The Hall–Kier alpha value is -2.15. The third-order valence-electron chi connectivity index (χ3n) is 2.94. The summed E-state index contributed by atoms with van der Waals surface area (Å²) in [6.45, 7) is 4.37. The van der Waals surface area contributed by atoms with Crippen molar-refractivity contribution in [1.29, 1.82) is 0 Å². The maximum absolute atomic E-state index is 11.9. The third-order valence-corrected chi connectivity index (χ3v) is 2.94. The molecule has 1 heterocycles. The summed E-state index contributed by atoms with van der Waals surface area (Å²) in [5.74, 6) is 0.356. The number of rotatable bonds is 2. The summed E-state index contributed by atoms with van der Waals surface area (Å²) in [6, 6.07) is 4.17. The fourth-order valence-corrected chi connectivity index (χ4v) is 1.87. The van der Waals surface area contributed by atoms with Gasteiger partial charge < -0.3 is 15.0 Å². The lowest BCUT2D eigenvalue weighted by atomic mass is 10.2. The molecule has 1 N–H and O–H groups in total. The van der Waals surface area contributed by atoms with Gasteiger partial charge in [-0.25, -0.2) is 4.79 Å². The molecule has 0 radical (unpaired) electrons. The largest absolute Gasteiger partial charge is 0.415 e. The van der Waals surface area contributed by atoms with E-state index in [4.69, 9.17) is 4.74 Å². The quantitative estimate of drug-likeness (QED) is 0.643. The molecular weight excluding hydrogens is 250 g/mol. The number of carbonyl (C=O) groups excluding carboxylic acids is 1. The Morgan fingerprint density at radius 1 is 1.42 bits per heavy atom. The van der Waals surface area contributed by atoms with E-state index in [2.05, 4.69) is 5.32 Å². The average Bonchev–Trinajstić information content (AvgIpc) is 2.41. The van der Waals surface area contributed by atoms with E-state index in [1.165, 1.54) is 18.2 Å². The molecular formula is C12H15N3O4. The maximum Gasteiger partial charge on any atom is 0.415 e. The van der Waals surface area contributed by atoms with E-state index in [-0.39, 0.29) is 5.69 Å². The fourth-order valence-electron chi connectivity index (χ4n) is 1.87. The summed E-state index contributed by atoms with van der Waals surface area (Å²) >= 11 is 0. The zero-order valence-corrected chi connectivity index (χ0v) is 10.6. The monoisotopic (exact) mass is 265 g/mol. The second-order valence-electron chi connectivity index (χ2n) is 4.31. The Kier molecular flexibility index (Phi) is 3.96. The summed E-state index contributed by atoms with van der Waals surface area (Å²) in [7, 11) is 0. The Morgan fingerprint density at radius 2 is 2.11 bits per heavy atom. The smallest absolute Gasteiger partial charge is 0.410 e. The van der Waals surface area contributed by atoms with Crippen molar-refractivity contribution in [1.82, 2.24) is 10.2 Å². The minimum atomic E-state index is -0.477. The van der Waals surface area contributed by atoms with E-state index in [1.54, 1.807) is 11.8 Å². The first-order valence-corrected chi connectivity index (χ1v) is 6.00. The number of nitro benzene ring substituents is 1. The molecule has 1 aromatic rings. The SMILES string of the molecule is Cc1cc([N+](=O)[O-])ccc1OC(=O)N1CCNCC1. The molecule has 7 heteroatoms. The second kappa shape index (κ2) is 5.66. The molecule has 1 saturated heterocycles. The lowest BCUT2D eigenvalue weighted by Crippen LogP contribution is -2.47. The van der Waals surface area contributed by atoms with Crippen molar-refractivity contribution in [3.05, 3.63) is 33.9 Å². The number of aryl methyl sites for hydroxylation is 1. The van der Waals surface area contributed by atoms with Crippen LogP contribution in [-0.2, 0) is 0 Å². The first-order valence-electron chi connectivity index (χ1n) is 6.00. The van der Waals surface area contributed by atoms with Crippen LogP contribution in [-0.4, -0.2) is 42.1 Å². The zero-order valence-electron chi connectivity index (χ0n) is 10.6. The highest BCUT2D eigenvalue weighted by atomic mass is 16.6. The molecule has 102 valence electrons. The normalized spacial score (nSPS) is 15.1. The van der Waals surface area contributed by atoms with Crippen LogP contribution in [0.15, 0.2) is 18.2 Å². The first-order chi connectivity index (χ1) is 9.08. The topological polar surface area (TPSA) is 84.7 Å². The Morgan fingerprint density at radius 3 is 2.68 bits per heavy atom. The van der Waals surface area contributed by atoms with E-state index in [9.17, 15) is 14.9 Å². The molecule has 0 spiro atoms. The van der Waals surface area contributed by atoms with Crippen LogP contribution in [0.4, 0.5) is 10.5 Å². The Bertz CT molecular complexity index is 498. The van der Waals surface area contributed by atoms with E-state index in [0.717, 1.165) is 13.1 Å². The number of ether oxygens (including phenoxy) is 1. The van der Waals surface area contributed by atoms with Gasteiger partial charge in [-0.3, -0.25) is 10.1 Å². The van der Waals surface area contributed by atoms with Gasteiger partial charge in [0.1, 0.15) is 5.75 Å². The lowest BCUT2D eigenvalue weighted by Gasteiger charge is -2.26. The zero-order chi connectivity index (χ0) is 13.8. The summed E-state index contributed by atoms with van der Waals surface area (Å²) in [5, 5.41) is 13.8. The van der Waals surface area contributed by atoms with Crippen molar-refractivity contribution < 1.29 is 14.5 Å². The van der Waals surface area contributed by atoms with Crippen molar-refractivity contribution in [2.75, 3.05) is 26.2 Å². The second-order valence-corrected chi connectivity index (χ2v) is 4.31. The van der Waals surface area contributed by atoms with Gasteiger partial charge in [-0.1, -0.05) is 0 Å². The van der Waals surface area contributed by atoms with Crippen LogP contribution in [0, 0.1) is 17.0 Å². The van der Waals surface area contributed by atoms with Gasteiger partial charge in [-0.05, 0) is 18.6 Å². The molecule has 0 unspecified atom stereocenters.